The van der Waals surface area contributed by atoms with Gasteiger partial charge in [-0.15, -0.1) is 0 Å². The van der Waals surface area contributed by atoms with Gasteiger partial charge < -0.3 is 5.32 Å². The fourth-order valence-electron chi connectivity index (χ4n) is 1.71. The number of nitrogens with zero attached hydrogens (tertiary/aromatic N) is 1. The number of benzene rings is 1. The van der Waals surface area contributed by atoms with E-state index in [1.165, 1.54) is 0 Å². The molecule has 1 fully saturated rings. The summed E-state index contributed by atoms with van der Waals surface area (Å²) in [4.78, 5) is 16.0. The topological polar surface area (TPSA) is 42.0 Å². The number of amides is 1. The largest absolute Gasteiger partial charge is 0.349 e. The van der Waals surface area contributed by atoms with Crippen molar-refractivity contribution in [3.05, 3.63) is 42.1 Å². The van der Waals surface area contributed by atoms with Crippen molar-refractivity contribution in [2.75, 3.05) is 0 Å². The Morgan fingerprint density at radius 2 is 2.19 bits per heavy atom. The minimum atomic E-state index is 0.0215. The van der Waals surface area contributed by atoms with Gasteiger partial charge in [0.2, 0.25) is 0 Å². The van der Waals surface area contributed by atoms with Gasteiger partial charge in [0.25, 0.3) is 5.91 Å². The second-order valence-corrected chi connectivity index (χ2v) is 4.16. The highest BCUT2D eigenvalue weighted by Gasteiger charge is 2.23. The van der Waals surface area contributed by atoms with Crippen LogP contribution in [0.1, 0.15) is 23.2 Å². The molecule has 1 N–H and O–H groups in total. The van der Waals surface area contributed by atoms with Crippen LogP contribution in [0, 0.1) is 0 Å². The number of carbonyl (C=O) groups is 1. The Kier molecular flexibility index (Phi) is 2.10. The van der Waals surface area contributed by atoms with E-state index in [9.17, 15) is 4.79 Å². The van der Waals surface area contributed by atoms with Crippen molar-refractivity contribution in [2.24, 2.45) is 0 Å². The van der Waals surface area contributed by atoms with Crippen molar-refractivity contribution >= 4 is 16.8 Å². The van der Waals surface area contributed by atoms with Gasteiger partial charge in [0.05, 0.1) is 5.52 Å². The molecule has 1 saturated carbocycles. The Morgan fingerprint density at radius 3 is 3.00 bits per heavy atom. The Labute approximate surface area is 93.5 Å². The number of pyridine rings is 1. The van der Waals surface area contributed by atoms with Gasteiger partial charge >= 0.3 is 0 Å². The van der Waals surface area contributed by atoms with E-state index >= 15 is 0 Å². The molecule has 1 heterocycles. The van der Waals surface area contributed by atoms with Gasteiger partial charge in [0.1, 0.15) is 0 Å². The molecule has 80 valence electrons. The van der Waals surface area contributed by atoms with Crippen LogP contribution in [0.25, 0.3) is 10.9 Å². The van der Waals surface area contributed by atoms with Crippen LogP contribution in [-0.2, 0) is 0 Å². The van der Waals surface area contributed by atoms with Crippen molar-refractivity contribution in [1.29, 1.82) is 0 Å². The molecule has 0 radical (unpaired) electrons. The van der Waals surface area contributed by atoms with Crippen molar-refractivity contribution < 1.29 is 4.79 Å². The summed E-state index contributed by atoms with van der Waals surface area (Å²) in [7, 11) is 0. The Hall–Kier alpha value is -1.90. The minimum Gasteiger partial charge on any atom is -0.349 e. The summed E-state index contributed by atoms with van der Waals surface area (Å²) in [5.74, 6) is 0.0215. The molecule has 1 aliphatic carbocycles. The first kappa shape index (κ1) is 9.33. The first-order chi connectivity index (χ1) is 7.83. The van der Waals surface area contributed by atoms with E-state index < -0.39 is 0 Å². The molecule has 0 bridgehead atoms. The lowest BCUT2D eigenvalue weighted by atomic mass is 10.1. The number of hydrogen-bond donors (Lipinski definition) is 1. The van der Waals surface area contributed by atoms with Crippen molar-refractivity contribution in [3.63, 3.8) is 0 Å². The Bertz CT molecular complexity index is 546. The predicted octanol–water partition coefficient (Wildman–Crippen LogP) is 2.13. The zero-order valence-corrected chi connectivity index (χ0v) is 8.81. The second kappa shape index (κ2) is 3.59. The van der Waals surface area contributed by atoms with E-state index in [0.29, 0.717) is 11.6 Å². The molecular weight excluding hydrogens is 200 g/mol. The minimum absolute atomic E-state index is 0.0215. The zero-order valence-electron chi connectivity index (χ0n) is 8.81. The van der Waals surface area contributed by atoms with Crippen LogP contribution in [0.4, 0.5) is 0 Å². The highest BCUT2D eigenvalue weighted by Crippen LogP contribution is 2.20. The number of hydrogen-bond acceptors (Lipinski definition) is 2. The van der Waals surface area contributed by atoms with Crippen LogP contribution >= 0.6 is 0 Å². The summed E-state index contributed by atoms with van der Waals surface area (Å²) in [5, 5.41) is 3.98. The first-order valence-corrected chi connectivity index (χ1v) is 5.48. The highest BCUT2D eigenvalue weighted by atomic mass is 16.1. The van der Waals surface area contributed by atoms with Crippen LogP contribution in [0.5, 0.6) is 0 Å². The molecule has 3 rings (SSSR count). The maximum Gasteiger partial charge on any atom is 0.251 e. The number of fused-ring (bicyclic) bond motifs is 1. The molecule has 1 aromatic carbocycles. The van der Waals surface area contributed by atoms with Crippen LogP contribution < -0.4 is 5.32 Å². The van der Waals surface area contributed by atoms with Crippen molar-refractivity contribution in [3.8, 4) is 0 Å². The smallest absolute Gasteiger partial charge is 0.251 e. The molecule has 0 atom stereocenters. The summed E-state index contributed by atoms with van der Waals surface area (Å²) in [6, 6.07) is 9.85. The molecule has 0 saturated heterocycles. The molecule has 3 nitrogen and oxygen atoms in total. The lowest BCUT2D eigenvalue weighted by molar-refractivity contribution is 0.0951. The zero-order chi connectivity index (χ0) is 11.0. The normalized spacial score (nSPS) is 15.0. The molecule has 2 aromatic rings. The van der Waals surface area contributed by atoms with Crippen molar-refractivity contribution in [2.45, 2.75) is 18.9 Å². The summed E-state index contributed by atoms with van der Waals surface area (Å²) in [6.07, 6.45) is 3.98. The molecule has 0 unspecified atom stereocenters. The SMILES string of the molecule is O=C(NC1CC1)c1ccc2ncccc2c1. The van der Waals surface area contributed by atoms with Crippen LogP contribution in [0.2, 0.25) is 0 Å². The van der Waals surface area contributed by atoms with Crippen LogP contribution in [0.15, 0.2) is 36.5 Å². The van der Waals surface area contributed by atoms with Crippen LogP contribution in [-0.4, -0.2) is 16.9 Å². The van der Waals surface area contributed by atoms with E-state index in [1.807, 2.05) is 30.3 Å². The molecule has 1 aliphatic rings. The standard InChI is InChI=1S/C13H12N2O/c16-13(15-11-4-5-11)10-3-6-12-9(8-10)2-1-7-14-12/h1-3,6-8,11H,4-5H2,(H,15,16). The average molecular weight is 212 g/mol. The summed E-state index contributed by atoms with van der Waals surface area (Å²) >= 11 is 0. The predicted molar refractivity (Wildman–Crippen MR) is 62.2 cm³/mol. The van der Waals surface area contributed by atoms with Gasteiger partial charge in [0.15, 0.2) is 0 Å². The van der Waals surface area contributed by atoms with Gasteiger partial charge in [-0.3, -0.25) is 9.78 Å². The van der Waals surface area contributed by atoms with Gasteiger partial charge in [-0.25, -0.2) is 0 Å². The first-order valence-electron chi connectivity index (χ1n) is 5.48. The van der Waals surface area contributed by atoms with Gasteiger partial charge in [-0.2, -0.15) is 0 Å². The van der Waals surface area contributed by atoms with E-state index in [2.05, 4.69) is 10.3 Å². The third-order valence-corrected chi connectivity index (χ3v) is 2.78. The number of nitrogens with one attached hydrogen (secondary N) is 1. The molecule has 16 heavy (non-hydrogen) atoms. The number of carbonyl (C=O) groups excluding carboxylic acids is 1. The van der Waals surface area contributed by atoms with Gasteiger partial charge in [-0.05, 0) is 37.1 Å². The molecule has 0 aliphatic heterocycles. The molecule has 3 heteroatoms. The van der Waals surface area contributed by atoms with E-state index in [4.69, 9.17) is 0 Å². The van der Waals surface area contributed by atoms with Crippen molar-refractivity contribution in [1.82, 2.24) is 10.3 Å². The lowest BCUT2D eigenvalue weighted by Gasteiger charge is -2.04. The molecule has 1 amide bonds. The summed E-state index contributed by atoms with van der Waals surface area (Å²) in [5.41, 5.74) is 1.64. The average Bonchev–Trinajstić information content (AvgIpc) is 3.12. The van der Waals surface area contributed by atoms with Crippen LogP contribution in [0.3, 0.4) is 0 Å². The maximum atomic E-state index is 11.8. The van der Waals surface area contributed by atoms with Gasteiger partial charge in [0, 0.05) is 23.2 Å². The number of rotatable bonds is 2. The number of aromatic nitrogens is 1. The van der Waals surface area contributed by atoms with E-state index in [-0.39, 0.29) is 5.91 Å². The fraction of sp³-hybridized carbons (Fsp3) is 0.231. The Morgan fingerprint density at radius 1 is 1.31 bits per heavy atom. The monoisotopic (exact) mass is 212 g/mol. The third kappa shape index (κ3) is 1.76. The molecule has 1 aromatic heterocycles. The molecule has 0 spiro atoms. The lowest BCUT2D eigenvalue weighted by Crippen LogP contribution is -2.25. The second-order valence-electron chi connectivity index (χ2n) is 4.16. The quantitative estimate of drug-likeness (QED) is 0.828. The van der Waals surface area contributed by atoms with E-state index in [1.54, 1.807) is 6.20 Å². The van der Waals surface area contributed by atoms with E-state index in [0.717, 1.165) is 23.7 Å². The highest BCUT2D eigenvalue weighted by molar-refractivity contribution is 5.98. The molecular formula is C13H12N2O. The summed E-state index contributed by atoms with van der Waals surface area (Å²) in [6.45, 7) is 0. The van der Waals surface area contributed by atoms with Gasteiger partial charge in [-0.1, -0.05) is 6.07 Å². The summed E-state index contributed by atoms with van der Waals surface area (Å²) < 4.78 is 0. The third-order valence-electron chi connectivity index (χ3n) is 2.78. The fourth-order valence-corrected chi connectivity index (χ4v) is 1.71. The maximum absolute atomic E-state index is 11.8. The Balaban J connectivity index is 1.94.